The smallest absolute Gasteiger partial charge is 0.352 e. The van der Waals surface area contributed by atoms with Gasteiger partial charge < -0.3 is 19.8 Å². The third-order valence-electron chi connectivity index (χ3n) is 4.37. The van der Waals surface area contributed by atoms with Gasteiger partial charge in [0.05, 0.1) is 18.6 Å². The van der Waals surface area contributed by atoms with Gasteiger partial charge in [-0.05, 0) is 26.2 Å². The molecule has 0 amide bonds. The van der Waals surface area contributed by atoms with Crippen LogP contribution in [0.1, 0.15) is 32.4 Å². The Kier molecular flexibility index (Phi) is 4.93. The van der Waals surface area contributed by atoms with Crippen molar-refractivity contribution in [2.45, 2.75) is 50.7 Å². The minimum absolute atomic E-state index is 0.303. The average molecular weight is 340 g/mol. The van der Waals surface area contributed by atoms with Gasteiger partial charge >= 0.3 is 5.69 Å². The number of hydrogen-bond acceptors (Lipinski definition) is 6. The summed E-state index contributed by atoms with van der Waals surface area (Å²) in [5, 5.41) is 19.6. The maximum atomic E-state index is 14.2. The fourth-order valence-corrected chi connectivity index (χ4v) is 2.94. The number of hydrogen-bond donors (Lipinski definition) is 2. The van der Waals surface area contributed by atoms with Crippen LogP contribution in [0.2, 0.25) is 0 Å². The largest absolute Gasteiger partial charge is 0.388 e. The van der Waals surface area contributed by atoms with E-state index < -0.39 is 36.0 Å². The van der Waals surface area contributed by atoms with Crippen molar-refractivity contribution in [1.29, 1.82) is 0 Å². The van der Waals surface area contributed by atoms with Gasteiger partial charge in [0.25, 0.3) is 0 Å². The number of likely N-dealkylation sites (tertiary alicyclic amines) is 1. The highest BCUT2D eigenvalue weighted by Crippen LogP contribution is 2.28. The molecular formula is C15H21FN4O4. The molecule has 0 radical (unpaired) electrons. The maximum absolute atomic E-state index is 14.2. The standard InChI is InChI=1S/C15H21FN4O4/c1-9-11(21)12(22)14(24-9)20-7-10(16)13(18-15(20)23)17-8-19-5-3-2-4-6-19/h7-9,11-12,14,21-22H,2-6H2,1H3/t9-,11-,12-,14-/m1/s1. The van der Waals surface area contributed by atoms with Crippen LogP contribution < -0.4 is 5.69 Å². The molecule has 8 nitrogen and oxygen atoms in total. The van der Waals surface area contributed by atoms with E-state index in [1.54, 1.807) is 6.92 Å². The molecule has 0 unspecified atom stereocenters. The molecule has 0 bridgehead atoms. The molecule has 2 N–H and O–H groups in total. The Bertz CT molecular complexity index is 674. The van der Waals surface area contributed by atoms with Gasteiger partial charge in [-0.15, -0.1) is 0 Å². The lowest BCUT2D eigenvalue weighted by Crippen LogP contribution is -2.35. The molecular weight excluding hydrogens is 319 g/mol. The summed E-state index contributed by atoms with van der Waals surface area (Å²) in [6.07, 6.45) is 1.35. The van der Waals surface area contributed by atoms with Crippen LogP contribution in [0.3, 0.4) is 0 Å². The van der Waals surface area contributed by atoms with Gasteiger partial charge in [0.15, 0.2) is 17.9 Å². The molecule has 2 aliphatic rings. The number of aliphatic imine (C=N–C) groups is 1. The minimum atomic E-state index is -1.33. The van der Waals surface area contributed by atoms with E-state index in [9.17, 15) is 19.4 Å². The van der Waals surface area contributed by atoms with Crippen molar-refractivity contribution >= 4 is 12.2 Å². The fraction of sp³-hybridized carbons (Fsp3) is 0.667. The maximum Gasteiger partial charge on any atom is 0.352 e. The molecule has 1 aromatic rings. The molecule has 3 rings (SSSR count). The highest BCUT2D eigenvalue weighted by molar-refractivity contribution is 5.59. The van der Waals surface area contributed by atoms with Crippen LogP contribution in [0.15, 0.2) is 16.0 Å². The molecule has 3 heterocycles. The molecule has 4 atom stereocenters. The summed E-state index contributed by atoms with van der Waals surface area (Å²) in [6.45, 7) is 3.25. The Balaban J connectivity index is 1.81. The van der Waals surface area contributed by atoms with Crippen molar-refractivity contribution in [2.75, 3.05) is 13.1 Å². The van der Waals surface area contributed by atoms with E-state index in [-0.39, 0.29) is 5.82 Å². The predicted molar refractivity (Wildman–Crippen MR) is 83.6 cm³/mol. The SMILES string of the molecule is C[C@H]1O[C@@H](n2cc(F)c(N=CN3CCCCC3)nc2=O)[C@H](O)[C@@H]1O. The molecule has 1 aromatic heterocycles. The van der Waals surface area contributed by atoms with Crippen molar-refractivity contribution in [3.05, 3.63) is 22.5 Å². The van der Waals surface area contributed by atoms with Crippen LogP contribution in [-0.4, -0.2) is 62.4 Å². The summed E-state index contributed by atoms with van der Waals surface area (Å²) in [4.78, 5) is 21.6. The normalized spacial score (nSPS) is 31.1. The topological polar surface area (TPSA) is 100 Å². The monoisotopic (exact) mass is 340 g/mol. The van der Waals surface area contributed by atoms with Gasteiger partial charge in [-0.25, -0.2) is 14.2 Å². The Morgan fingerprint density at radius 1 is 1.33 bits per heavy atom. The highest BCUT2D eigenvalue weighted by Gasteiger charge is 2.42. The first kappa shape index (κ1) is 17.0. The van der Waals surface area contributed by atoms with Crippen LogP contribution in [0.5, 0.6) is 0 Å². The van der Waals surface area contributed by atoms with Crippen molar-refractivity contribution in [3.8, 4) is 0 Å². The predicted octanol–water partition coefficient (Wildman–Crippen LogP) is 0.167. The van der Waals surface area contributed by atoms with E-state index in [2.05, 4.69) is 9.98 Å². The summed E-state index contributed by atoms with van der Waals surface area (Å²) in [6, 6.07) is 0. The number of aliphatic hydroxyl groups is 2. The molecule has 24 heavy (non-hydrogen) atoms. The third kappa shape index (κ3) is 3.33. The summed E-state index contributed by atoms with van der Waals surface area (Å²) in [5.41, 5.74) is -0.799. The second kappa shape index (κ2) is 6.96. The van der Waals surface area contributed by atoms with Gasteiger partial charge in [0.2, 0.25) is 0 Å². The molecule has 132 valence electrons. The van der Waals surface area contributed by atoms with Gasteiger partial charge in [-0.2, -0.15) is 4.98 Å². The van der Waals surface area contributed by atoms with Crippen LogP contribution in [0, 0.1) is 5.82 Å². The van der Waals surface area contributed by atoms with E-state index >= 15 is 0 Å². The molecule has 2 saturated heterocycles. The molecule has 0 saturated carbocycles. The fourth-order valence-electron chi connectivity index (χ4n) is 2.94. The lowest BCUT2D eigenvalue weighted by atomic mass is 10.1. The Hall–Kier alpha value is -1.84. The molecule has 9 heteroatoms. The van der Waals surface area contributed by atoms with Crippen molar-refractivity contribution in [2.24, 2.45) is 4.99 Å². The van der Waals surface area contributed by atoms with E-state index in [0.717, 1.165) is 36.7 Å². The van der Waals surface area contributed by atoms with Gasteiger partial charge in [-0.1, -0.05) is 0 Å². The number of aliphatic hydroxyl groups excluding tert-OH is 2. The molecule has 2 fully saturated rings. The molecule has 0 spiro atoms. The van der Waals surface area contributed by atoms with Crippen molar-refractivity contribution in [3.63, 3.8) is 0 Å². The summed E-state index contributed by atoms with van der Waals surface area (Å²) in [5.74, 6) is -1.10. The lowest BCUT2D eigenvalue weighted by Gasteiger charge is -2.23. The average Bonchev–Trinajstić information content (AvgIpc) is 2.83. The second-order valence-electron chi connectivity index (χ2n) is 6.16. The van der Waals surface area contributed by atoms with E-state index in [0.29, 0.717) is 0 Å². The third-order valence-corrected chi connectivity index (χ3v) is 4.37. The van der Waals surface area contributed by atoms with Crippen LogP contribution in [-0.2, 0) is 4.74 Å². The Labute approximate surface area is 138 Å². The number of aromatic nitrogens is 2. The van der Waals surface area contributed by atoms with E-state index in [1.165, 1.54) is 12.8 Å². The van der Waals surface area contributed by atoms with E-state index in [1.807, 2.05) is 4.90 Å². The minimum Gasteiger partial charge on any atom is -0.388 e. The highest BCUT2D eigenvalue weighted by atomic mass is 19.1. The number of rotatable bonds is 3. The zero-order valence-corrected chi connectivity index (χ0v) is 13.4. The van der Waals surface area contributed by atoms with Crippen LogP contribution >= 0.6 is 0 Å². The number of halogens is 1. The molecule has 2 aliphatic heterocycles. The zero-order chi connectivity index (χ0) is 17.3. The molecule has 0 aliphatic carbocycles. The van der Waals surface area contributed by atoms with Gasteiger partial charge in [0, 0.05) is 13.1 Å². The summed E-state index contributed by atoms with van der Waals surface area (Å²) in [7, 11) is 0. The number of piperidine rings is 1. The van der Waals surface area contributed by atoms with E-state index in [4.69, 9.17) is 4.74 Å². The first-order valence-electron chi connectivity index (χ1n) is 8.06. The Morgan fingerprint density at radius 3 is 2.67 bits per heavy atom. The van der Waals surface area contributed by atoms with Gasteiger partial charge in [0.1, 0.15) is 12.2 Å². The second-order valence-corrected chi connectivity index (χ2v) is 6.16. The summed E-state index contributed by atoms with van der Waals surface area (Å²) < 4.78 is 20.4. The Morgan fingerprint density at radius 2 is 2.04 bits per heavy atom. The van der Waals surface area contributed by atoms with Gasteiger partial charge in [-0.3, -0.25) is 4.57 Å². The van der Waals surface area contributed by atoms with Crippen molar-refractivity contribution in [1.82, 2.24) is 14.5 Å². The van der Waals surface area contributed by atoms with Crippen LogP contribution in [0.4, 0.5) is 10.2 Å². The first-order chi connectivity index (χ1) is 11.5. The van der Waals surface area contributed by atoms with Crippen LogP contribution in [0.25, 0.3) is 0 Å². The number of nitrogens with zero attached hydrogens (tertiary/aromatic N) is 4. The quantitative estimate of drug-likeness (QED) is 0.601. The summed E-state index contributed by atoms with van der Waals surface area (Å²) >= 11 is 0. The number of ether oxygens (including phenoxy) is 1. The lowest BCUT2D eigenvalue weighted by molar-refractivity contribution is -0.0355. The van der Waals surface area contributed by atoms with Crippen molar-refractivity contribution < 1.29 is 19.3 Å². The molecule has 0 aromatic carbocycles. The first-order valence-corrected chi connectivity index (χ1v) is 8.06. The zero-order valence-electron chi connectivity index (χ0n) is 13.4.